The molecule has 1 heterocycles. The molecular weight excluding hydrogens is 314 g/mol. The van der Waals surface area contributed by atoms with E-state index in [9.17, 15) is 14.4 Å². The molecule has 0 radical (unpaired) electrons. The van der Waals surface area contributed by atoms with Gasteiger partial charge >= 0.3 is 12.0 Å². The molecule has 8 nitrogen and oxygen atoms in total. The molecule has 0 aliphatic carbocycles. The van der Waals surface area contributed by atoms with Crippen molar-refractivity contribution in [3.05, 3.63) is 35.4 Å². The minimum Gasteiger partial charge on any atom is -0.468 e. The van der Waals surface area contributed by atoms with Gasteiger partial charge in [0, 0.05) is 0 Å². The van der Waals surface area contributed by atoms with Gasteiger partial charge in [0.2, 0.25) is 0 Å². The van der Waals surface area contributed by atoms with Gasteiger partial charge in [-0.3, -0.25) is 14.5 Å². The van der Waals surface area contributed by atoms with Crippen molar-refractivity contribution in [3.8, 4) is 0 Å². The van der Waals surface area contributed by atoms with Crippen molar-refractivity contribution in [1.29, 1.82) is 0 Å². The number of imide groups is 1. The first-order valence-electron chi connectivity index (χ1n) is 7.39. The average molecular weight is 333 g/mol. The van der Waals surface area contributed by atoms with E-state index in [0.29, 0.717) is 12.2 Å². The van der Waals surface area contributed by atoms with E-state index < -0.39 is 30.0 Å². The van der Waals surface area contributed by atoms with E-state index in [1.165, 1.54) is 7.11 Å². The summed E-state index contributed by atoms with van der Waals surface area (Å²) in [5.41, 5.74) is 0.154. The van der Waals surface area contributed by atoms with E-state index in [1.54, 1.807) is 37.4 Å². The lowest BCUT2D eigenvalue weighted by Crippen LogP contribution is -2.41. The second-order valence-corrected chi connectivity index (χ2v) is 5.30. The lowest BCUT2D eigenvalue weighted by molar-refractivity contribution is -0.145. The number of esters is 1. The largest absolute Gasteiger partial charge is 0.468 e. The maximum Gasteiger partial charge on any atom is 0.325 e. The van der Waals surface area contributed by atoms with Crippen LogP contribution in [0.3, 0.4) is 0 Å². The molecule has 1 fully saturated rings. The number of hydrogen-bond acceptors (Lipinski definition) is 6. The van der Waals surface area contributed by atoms with Crippen LogP contribution in [0.15, 0.2) is 29.4 Å². The van der Waals surface area contributed by atoms with Gasteiger partial charge in [0.05, 0.1) is 13.3 Å². The molecule has 0 bridgehead atoms. The highest BCUT2D eigenvalue weighted by atomic mass is 16.6. The zero-order valence-corrected chi connectivity index (χ0v) is 13.7. The maximum absolute atomic E-state index is 12.6. The van der Waals surface area contributed by atoms with Crippen LogP contribution in [0.2, 0.25) is 0 Å². The highest BCUT2D eigenvalue weighted by Gasteiger charge is 2.49. The molecule has 8 heteroatoms. The maximum atomic E-state index is 12.6. The molecule has 0 aromatic heterocycles. The number of amides is 3. The molecule has 1 unspecified atom stereocenters. The average Bonchev–Trinajstić information content (AvgIpc) is 2.79. The Hall–Kier alpha value is -2.90. The van der Waals surface area contributed by atoms with Gasteiger partial charge in [0.25, 0.3) is 5.91 Å². The molecule has 128 valence electrons. The fourth-order valence-corrected chi connectivity index (χ4v) is 2.31. The molecule has 0 spiro atoms. The van der Waals surface area contributed by atoms with E-state index in [-0.39, 0.29) is 0 Å². The zero-order valence-electron chi connectivity index (χ0n) is 13.7. The predicted octanol–water partition coefficient (Wildman–Crippen LogP) is 0.997. The quantitative estimate of drug-likeness (QED) is 0.362. The third kappa shape index (κ3) is 3.37. The molecule has 1 aliphatic heterocycles. The van der Waals surface area contributed by atoms with Crippen molar-refractivity contribution in [2.45, 2.75) is 19.4 Å². The number of hydrogen-bond donors (Lipinski definition) is 1. The van der Waals surface area contributed by atoms with Crippen molar-refractivity contribution in [3.63, 3.8) is 0 Å². The molecule has 3 amide bonds. The van der Waals surface area contributed by atoms with Crippen molar-refractivity contribution in [2.24, 2.45) is 5.16 Å². The second-order valence-electron chi connectivity index (χ2n) is 5.30. The van der Waals surface area contributed by atoms with Gasteiger partial charge in [-0.2, -0.15) is 0 Å². The number of rotatable bonds is 6. The van der Waals surface area contributed by atoms with Crippen LogP contribution in [-0.4, -0.2) is 49.3 Å². The number of carbonyl (C=O) groups excluding carboxylic acids is 3. The van der Waals surface area contributed by atoms with Crippen LogP contribution in [0.5, 0.6) is 0 Å². The van der Waals surface area contributed by atoms with E-state index in [1.807, 2.05) is 6.92 Å². The highest BCUT2D eigenvalue weighted by molar-refractivity contribution is 6.08. The Morgan fingerprint density at radius 2 is 2.00 bits per heavy atom. The summed E-state index contributed by atoms with van der Waals surface area (Å²) in [7, 11) is 1.20. The van der Waals surface area contributed by atoms with Crippen LogP contribution in [0.1, 0.15) is 25.0 Å². The third-order valence-electron chi connectivity index (χ3n) is 3.68. The Morgan fingerprint density at radius 1 is 1.33 bits per heavy atom. The van der Waals surface area contributed by atoms with E-state index in [4.69, 9.17) is 4.84 Å². The number of nitrogens with one attached hydrogen (secondary N) is 1. The van der Waals surface area contributed by atoms with Crippen LogP contribution in [0, 0.1) is 0 Å². The molecule has 1 saturated heterocycles. The van der Waals surface area contributed by atoms with Gasteiger partial charge in [-0.15, -0.1) is 0 Å². The third-order valence-corrected chi connectivity index (χ3v) is 3.68. The molecule has 1 aliphatic rings. The van der Waals surface area contributed by atoms with Gasteiger partial charge in [-0.25, -0.2) is 4.79 Å². The van der Waals surface area contributed by atoms with Gasteiger partial charge in [0.15, 0.2) is 0 Å². The summed E-state index contributed by atoms with van der Waals surface area (Å²) < 4.78 is 4.51. The predicted molar refractivity (Wildman–Crippen MR) is 85.3 cm³/mol. The Morgan fingerprint density at radius 3 is 2.58 bits per heavy atom. The number of urea groups is 1. The summed E-state index contributed by atoms with van der Waals surface area (Å²) in [6.45, 7) is 3.47. The first kappa shape index (κ1) is 17.5. The van der Waals surface area contributed by atoms with E-state index >= 15 is 0 Å². The molecule has 2 rings (SSSR count). The molecular formula is C16H19N3O5. The minimum absolute atomic E-state index is 0.421. The fraction of sp³-hybridized carbons (Fsp3) is 0.375. The van der Waals surface area contributed by atoms with E-state index in [2.05, 4.69) is 15.2 Å². The zero-order chi connectivity index (χ0) is 17.7. The lowest BCUT2D eigenvalue weighted by Gasteiger charge is -2.22. The number of methoxy groups -OCH3 is 1. The van der Waals surface area contributed by atoms with Gasteiger partial charge in [-0.05, 0) is 25.0 Å². The minimum atomic E-state index is -1.24. The number of nitrogens with zero attached hydrogens (tertiary/aromatic N) is 2. The normalized spacial score (nSPS) is 20.4. The number of ether oxygens (including phenoxy) is 1. The standard InChI is InChI=1S/C16H19N3O5/c1-4-24-17-9-11-5-7-12(8-6-11)16(2)14(21)19(15(22)18-16)10-13(20)23-3/h5-9H,4,10H2,1-3H3,(H,18,22)/b17-9+. The van der Waals surface area contributed by atoms with Gasteiger partial charge < -0.3 is 14.9 Å². The lowest BCUT2D eigenvalue weighted by atomic mass is 9.91. The topological polar surface area (TPSA) is 97.3 Å². The smallest absolute Gasteiger partial charge is 0.325 e. The first-order valence-corrected chi connectivity index (χ1v) is 7.39. The molecule has 1 atom stereocenters. The summed E-state index contributed by atoms with van der Waals surface area (Å²) in [6.07, 6.45) is 1.55. The Kier molecular flexibility index (Phi) is 5.18. The van der Waals surface area contributed by atoms with Gasteiger partial charge in [0.1, 0.15) is 18.7 Å². The van der Waals surface area contributed by atoms with Crippen molar-refractivity contribution < 1.29 is 24.0 Å². The number of carbonyl (C=O) groups is 3. The van der Waals surface area contributed by atoms with Crippen molar-refractivity contribution in [2.75, 3.05) is 20.3 Å². The van der Waals surface area contributed by atoms with E-state index in [0.717, 1.165) is 10.5 Å². The molecule has 24 heavy (non-hydrogen) atoms. The summed E-state index contributed by atoms with van der Waals surface area (Å²) in [4.78, 5) is 41.7. The SMILES string of the molecule is CCO/N=C/c1ccc(C2(C)NC(=O)N(CC(=O)OC)C2=O)cc1. The Labute approximate surface area is 139 Å². The summed E-state index contributed by atoms with van der Waals surface area (Å²) in [5.74, 6) is -1.17. The van der Waals surface area contributed by atoms with Crippen LogP contribution >= 0.6 is 0 Å². The first-order chi connectivity index (χ1) is 11.4. The molecule has 1 N–H and O–H groups in total. The van der Waals surface area contributed by atoms with Crippen LogP contribution in [0.25, 0.3) is 0 Å². The Bertz CT molecular complexity index is 671. The summed E-state index contributed by atoms with van der Waals surface area (Å²) in [6, 6.07) is 6.31. The molecule has 0 saturated carbocycles. The molecule has 1 aromatic carbocycles. The molecule has 1 aromatic rings. The summed E-state index contributed by atoms with van der Waals surface area (Å²) in [5, 5.41) is 6.38. The fourth-order valence-electron chi connectivity index (χ4n) is 2.31. The van der Waals surface area contributed by atoms with Crippen molar-refractivity contribution in [1.82, 2.24) is 10.2 Å². The number of benzene rings is 1. The number of oxime groups is 1. The van der Waals surface area contributed by atoms with Gasteiger partial charge in [-0.1, -0.05) is 29.4 Å². The monoisotopic (exact) mass is 333 g/mol. The van der Waals surface area contributed by atoms with Crippen LogP contribution in [0.4, 0.5) is 4.79 Å². The Balaban J connectivity index is 2.20. The summed E-state index contributed by atoms with van der Waals surface area (Å²) >= 11 is 0. The highest BCUT2D eigenvalue weighted by Crippen LogP contribution is 2.28. The second kappa shape index (κ2) is 7.12. The van der Waals surface area contributed by atoms with Crippen LogP contribution in [-0.2, 0) is 24.7 Å². The van der Waals surface area contributed by atoms with Crippen molar-refractivity contribution >= 4 is 24.1 Å². The van der Waals surface area contributed by atoms with Crippen LogP contribution < -0.4 is 5.32 Å².